The molecule has 3 aliphatic heterocycles. The van der Waals surface area contributed by atoms with E-state index in [1.807, 2.05) is 0 Å². The fourth-order valence-corrected chi connectivity index (χ4v) is 9.81. The molecule has 0 fully saturated rings. The van der Waals surface area contributed by atoms with Gasteiger partial charge in [0.25, 0.3) is 6.71 Å². The van der Waals surface area contributed by atoms with Crippen molar-refractivity contribution < 1.29 is 4.74 Å². The van der Waals surface area contributed by atoms with E-state index >= 15 is 0 Å². The van der Waals surface area contributed by atoms with Crippen molar-refractivity contribution in [3.8, 4) is 11.5 Å². The summed E-state index contributed by atoms with van der Waals surface area (Å²) in [6.07, 6.45) is 0. The van der Waals surface area contributed by atoms with Gasteiger partial charge in [-0.15, -0.1) is 0 Å². The number of benzene rings is 8. The lowest BCUT2D eigenvalue weighted by molar-refractivity contribution is 0.419. The highest BCUT2D eigenvalue weighted by Gasteiger charge is 2.44. The summed E-state index contributed by atoms with van der Waals surface area (Å²) in [7, 11) is 0. The van der Waals surface area contributed by atoms with E-state index in [1.165, 1.54) is 61.4 Å². The predicted octanol–water partition coefficient (Wildman–Crippen LogP) is 12.3. The minimum absolute atomic E-state index is 0.0312. The minimum Gasteiger partial charge on any atom is -0.455 e. The van der Waals surface area contributed by atoms with E-state index in [9.17, 15) is 0 Å². The topological polar surface area (TPSA) is 19.0 Å². The van der Waals surface area contributed by atoms with E-state index in [4.69, 9.17) is 4.74 Å². The highest BCUT2D eigenvalue weighted by atomic mass is 16.5. The van der Waals surface area contributed by atoms with Crippen molar-refractivity contribution in [3.05, 3.63) is 204 Å². The lowest BCUT2D eigenvalue weighted by atomic mass is 9.33. The van der Waals surface area contributed by atoms with E-state index in [0.717, 1.165) is 39.9 Å². The van der Waals surface area contributed by atoms with Crippen molar-refractivity contribution >= 4 is 74.3 Å². The van der Waals surface area contributed by atoms with Gasteiger partial charge >= 0.3 is 0 Å². The Morgan fingerprint density at radius 1 is 0.500 bits per heavy atom. The van der Waals surface area contributed by atoms with Gasteiger partial charge in [0.2, 0.25) is 0 Å². The third kappa shape index (κ3) is 5.09. The molecule has 11 rings (SSSR count). The summed E-state index contributed by atoms with van der Waals surface area (Å²) in [4.78, 5) is 7.33. The van der Waals surface area contributed by atoms with Gasteiger partial charge in [-0.3, -0.25) is 0 Å². The average Bonchev–Trinajstić information content (AvgIpc) is 3.25. The molecular weight excluding hydrogens is 705 g/mol. The van der Waals surface area contributed by atoms with Gasteiger partial charge in [-0.25, -0.2) is 0 Å². The van der Waals surface area contributed by atoms with Crippen molar-refractivity contribution in [3.63, 3.8) is 0 Å². The summed E-state index contributed by atoms with van der Waals surface area (Å²) in [5, 5.41) is 0. The van der Waals surface area contributed by atoms with Gasteiger partial charge in [-0.2, -0.15) is 0 Å². The Bertz CT molecular complexity index is 2910. The van der Waals surface area contributed by atoms with Crippen LogP contribution in [0.5, 0.6) is 11.5 Å². The van der Waals surface area contributed by atoms with Crippen LogP contribution in [-0.2, 0) is 5.41 Å². The molecule has 0 atom stereocenters. The third-order valence-electron chi connectivity index (χ3n) is 12.4. The van der Waals surface area contributed by atoms with E-state index in [0.29, 0.717) is 0 Å². The molecule has 8 aromatic rings. The number of hydrogen-bond acceptors (Lipinski definition) is 4. The maximum atomic E-state index is 6.92. The number of hydrogen-bond donors (Lipinski definition) is 0. The summed E-state index contributed by atoms with van der Waals surface area (Å²) in [6.45, 7) is 9.03. The zero-order valence-corrected chi connectivity index (χ0v) is 33.1. The SMILES string of the molecule is Cc1ccc(N2c3ccccc3B3c4ccc(N(c5ccccc5)c5cccc6c5Oc5ccccc5C6(C)C)cc4N(c4ccccc4)c4cccc2c43)c(C)c1. The minimum atomic E-state index is -0.247. The molecule has 0 unspecified atom stereocenters. The molecule has 0 spiro atoms. The molecule has 4 nitrogen and oxygen atoms in total. The Labute approximate surface area is 341 Å². The number of para-hydroxylation sites is 5. The second-order valence-corrected chi connectivity index (χ2v) is 16.3. The van der Waals surface area contributed by atoms with Crippen LogP contribution in [0, 0.1) is 13.8 Å². The number of rotatable bonds is 5. The molecule has 58 heavy (non-hydrogen) atoms. The van der Waals surface area contributed by atoms with Gasteiger partial charge in [-0.05, 0) is 109 Å². The molecular formula is C53H42BN3O. The van der Waals surface area contributed by atoms with Crippen LogP contribution in [0.4, 0.5) is 51.2 Å². The lowest BCUT2D eigenvalue weighted by Crippen LogP contribution is -2.61. The standard InChI is InChI=1S/C53H42BN3O/c1-35-29-32-44(36(2)33-35)57-45-24-13-12-23-42(45)54-43-31-30-39(34-49(43)56(38-19-9-6-10-20-38)46-25-16-26-47(57)51(46)54)55(37-17-7-5-8-18-37)48-27-15-22-41-52(48)58-50-28-14-11-21-40(50)53(41,3)4/h5-34H,1-4H3. The van der Waals surface area contributed by atoms with Crippen LogP contribution in [0.25, 0.3) is 0 Å². The van der Waals surface area contributed by atoms with E-state index in [1.54, 1.807) is 0 Å². The number of aryl methyl sites for hydroxylation is 2. The highest BCUT2D eigenvalue weighted by molar-refractivity contribution is 7.00. The summed E-state index contributed by atoms with van der Waals surface area (Å²) in [6, 6.07) is 66.3. The first kappa shape index (κ1) is 34.3. The van der Waals surface area contributed by atoms with Crippen LogP contribution >= 0.6 is 0 Å². The predicted molar refractivity (Wildman–Crippen MR) is 243 cm³/mol. The van der Waals surface area contributed by atoms with Gasteiger partial charge in [0, 0.05) is 62.0 Å². The second kappa shape index (κ2) is 13.0. The van der Waals surface area contributed by atoms with Crippen molar-refractivity contribution in [2.75, 3.05) is 14.7 Å². The number of ether oxygens (including phenoxy) is 1. The quantitative estimate of drug-likeness (QED) is 0.163. The molecule has 0 saturated carbocycles. The van der Waals surface area contributed by atoms with Gasteiger partial charge in [0.05, 0.1) is 5.69 Å². The van der Waals surface area contributed by atoms with E-state index in [-0.39, 0.29) is 12.1 Å². The molecule has 8 aromatic carbocycles. The first-order chi connectivity index (χ1) is 28.4. The van der Waals surface area contributed by atoms with E-state index < -0.39 is 0 Å². The van der Waals surface area contributed by atoms with Gasteiger partial charge in [-0.1, -0.05) is 129 Å². The highest BCUT2D eigenvalue weighted by Crippen LogP contribution is 2.54. The third-order valence-corrected chi connectivity index (χ3v) is 12.4. The van der Waals surface area contributed by atoms with Crippen molar-refractivity contribution in [2.24, 2.45) is 0 Å². The maximum absolute atomic E-state index is 6.92. The van der Waals surface area contributed by atoms with Crippen LogP contribution in [0.15, 0.2) is 182 Å². The Hall–Kier alpha value is -6.98. The Balaban J connectivity index is 1.15. The van der Waals surface area contributed by atoms with Crippen molar-refractivity contribution in [2.45, 2.75) is 33.1 Å². The largest absolute Gasteiger partial charge is 0.455 e. The first-order valence-electron chi connectivity index (χ1n) is 20.2. The first-order valence-corrected chi connectivity index (χ1v) is 20.2. The molecule has 0 amide bonds. The molecule has 0 saturated heterocycles. The van der Waals surface area contributed by atoms with E-state index in [2.05, 4.69) is 224 Å². The summed E-state index contributed by atoms with van der Waals surface area (Å²) < 4.78 is 6.92. The van der Waals surface area contributed by atoms with Gasteiger partial charge in [0.1, 0.15) is 5.75 Å². The van der Waals surface area contributed by atoms with Crippen LogP contribution in [0.2, 0.25) is 0 Å². The zero-order chi connectivity index (χ0) is 39.1. The molecule has 5 heteroatoms. The maximum Gasteiger partial charge on any atom is 0.252 e. The monoisotopic (exact) mass is 747 g/mol. The molecule has 0 aromatic heterocycles. The number of nitrogens with zero attached hydrogens (tertiary/aromatic N) is 3. The van der Waals surface area contributed by atoms with Crippen LogP contribution in [-0.4, -0.2) is 6.71 Å². The van der Waals surface area contributed by atoms with Crippen LogP contribution in [0.1, 0.15) is 36.1 Å². The van der Waals surface area contributed by atoms with Crippen molar-refractivity contribution in [1.82, 2.24) is 0 Å². The molecule has 0 aliphatic carbocycles. The molecule has 0 radical (unpaired) electrons. The summed E-state index contributed by atoms with van der Waals surface area (Å²) in [5.74, 6) is 1.79. The molecule has 0 bridgehead atoms. The molecule has 278 valence electrons. The van der Waals surface area contributed by atoms with Crippen LogP contribution in [0.3, 0.4) is 0 Å². The second-order valence-electron chi connectivity index (χ2n) is 16.3. The summed E-state index contributed by atoms with van der Waals surface area (Å²) in [5.41, 5.74) is 18.7. The number of fused-ring (bicyclic) bond motifs is 6. The summed E-state index contributed by atoms with van der Waals surface area (Å²) >= 11 is 0. The smallest absolute Gasteiger partial charge is 0.252 e. The Kier molecular flexibility index (Phi) is 7.71. The molecule has 0 N–H and O–H groups in total. The average molecular weight is 748 g/mol. The van der Waals surface area contributed by atoms with Gasteiger partial charge in [0.15, 0.2) is 5.75 Å². The fraction of sp³-hybridized carbons (Fsp3) is 0.0943. The normalized spacial score (nSPS) is 14.0. The molecule has 3 aliphatic rings. The van der Waals surface area contributed by atoms with Crippen LogP contribution < -0.4 is 35.8 Å². The Morgan fingerprint density at radius 3 is 1.97 bits per heavy atom. The number of anilines is 9. The van der Waals surface area contributed by atoms with Gasteiger partial charge < -0.3 is 19.4 Å². The zero-order valence-electron chi connectivity index (χ0n) is 33.1. The van der Waals surface area contributed by atoms with Crippen molar-refractivity contribution in [1.29, 1.82) is 0 Å². The fourth-order valence-electron chi connectivity index (χ4n) is 9.81. The molecule has 3 heterocycles. The Morgan fingerprint density at radius 2 is 1.16 bits per heavy atom. The lowest BCUT2D eigenvalue weighted by Gasteiger charge is -2.44.